The van der Waals surface area contributed by atoms with Crippen molar-refractivity contribution in [1.82, 2.24) is 15.6 Å². The lowest BCUT2D eigenvalue weighted by atomic mass is 10.1. The van der Waals surface area contributed by atoms with Crippen LogP contribution in [0.15, 0.2) is 39.9 Å². The minimum absolute atomic E-state index is 0.249. The molecule has 0 aliphatic rings. The minimum Gasteiger partial charge on any atom is -0.444 e. The molecule has 0 saturated carbocycles. The van der Waals surface area contributed by atoms with Crippen molar-refractivity contribution >= 4 is 15.8 Å². The molecule has 1 aromatic heterocycles. The zero-order chi connectivity index (χ0) is 19.4. The third-order valence-corrected chi connectivity index (χ3v) is 6.35. The molecule has 0 unspecified atom stereocenters. The number of rotatable bonds is 6. The predicted octanol–water partition coefficient (Wildman–Crippen LogP) is 2.14. The first-order valence-electron chi connectivity index (χ1n) is 8.28. The van der Waals surface area contributed by atoms with Crippen molar-refractivity contribution in [3.63, 3.8) is 0 Å². The molecule has 2 aromatic rings. The molecular formula is C18H26N4O3S. The molecule has 8 heteroatoms. The maximum absolute atomic E-state index is 11.8. The van der Waals surface area contributed by atoms with Crippen molar-refractivity contribution in [2.45, 2.75) is 32.1 Å². The van der Waals surface area contributed by atoms with Gasteiger partial charge in [-0.15, -0.1) is 0 Å². The van der Waals surface area contributed by atoms with Gasteiger partial charge in [0.05, 0.1) is 17.0 Å². The zero-order valence-electron chi connectivity index (χ0n) is 15.8. The number of nitrogens with zero attached hydrogens (tertiary/aromatic N) is 2. The molecule has 0 amide bonds. The second kappa shape index (κ2) is 7.90. The summed E-state index contributed by atoms with van der Waals surface area (Å²) in [5.41, 5.74) is 2.82. The molecule has 26 heavy (non-hydrogen) atoms. The Hall–Kier alpha value is -2.35. The lowest BCUT2D eigenvalue weighted by Gasteiger charge is -2.24. The summed E-state index contributed by atoms with van der Waals surface area (Å²) >= 11 is 0. The fourth-order valence-electron chi connectivity index (χ4n) is 2.04. The summed E-state index contributed by atoms with van der Waals surface area (Å²) in [5, 5.41) is 6.14. The van der Waals surface area contributed by atoms with Gasteiger partial charge in [-0.05, 0) is 32.9 Å². The predicted molar refractivity (Wildman–Crippen MR) is 104 cm³/mol. The molecule has 0 radical (unpaired) electrons. The van der Waals surface area contributed by atoms with Gasteiger partial charge in [0.15, 0.2) is 15.8 Å². The van der Waals surface area contributed by atoms with E-state index in [0.717, 1.165) is 11.3 Å². The van der Waals surface area contributed by atoms with Crippen LogP contribution >= 0.6 is 0 Å². The topological polar surface area (TPSA) is 96.6 Å². The van der Waals surface area contributed by atoms with Crippen LogP contribution in [0, 0.1) is 6.92 Å². The number of nitrogens with one attached hydrogen (secondary N) is 2. The molecule has 0 aliphatic carbocycles. The Bertz CT molecular complexity index is 868. The fourth-order valence-corrected chi connectivity index (χ4v) is 2.37. The number of benzene rings is 1. The van der Waals surface area contributed by atoms with E-state index in [1.54, 1.807) is 27.2 Å². The molecule has 1 aromatic carbocycles. The SMILES string of the molecule is CN=C(NCc1coc(-c2ccc(C)cc2)n1)NCC(C)(C)S(C)(=O)=O. The number of oxazole rings is 1. The average molecular weight is 378 g/mol. The van der Waals surface area contributed by atoms with Gasteiger partial charge in [0, 0.05) is 25.4 Å². The summed E-state index contributed by atoms with van der Waals surface area (Å²) in [6, 6.07) is 7.94. The van der Waals surface area contributed by atoms with Gasteiger partial charge >= 0.3 is 0 Å². The van der Waals surface area contributed by atoms with E-state index < -0.39 is 14.6 Å². The van der Waals surface area contributed by atoms with Crippen molar-refractivity contribution < 1.29 is 12.8 Å². The minimum atomic E-state index is -3.18. The summed E-state index contributed by atoms with van der Waals surface area (Å²) in [6.07, 6.45) is 2.82. The molecule has 0 spiro atoms. The van der Waals surface area contributed by atoms with E-state index in [2.05, 4.69) is 20.6 Å². The van der Waals surface area contributed by atoms with Gasteiger partial charge < -0.3 is 15.1 Å². The molecule has 1 heterocycles. The van der Waals surface area contributed by atoms with Gasteiger partial charge in [-0.25, -0.2) is 13.4 Å². The Morgan fingerprint density at radius 2 is 1.88 bits per heavy atom. The van der Waals surface area contributed by atoms with Crippen LogP contribution in [-0.4, -0.2) is 44.0 Å². The van der Waals surface area contributed by atoms with Gasteiger partial charge in [-0.3, -0.25) is 4.99 Å². The molecule has 142 valence electrons. The second-order valence-corrected chi connectivity index (χ2v) is 9.47. The third-order valence-electron chi connectivity index (χ3n) is 4.20. The second-order valence-electron chi connectivity index (χ2n) is 6.82. The standard InChI is InChI=1S/C18H26N4O3S/c1-13-6-8-14(9-7-13)16-22-15(11-25-16)10-20-17(19-4)21-12-18(2,3)26(5,23)24/h6-9,11H,10,12H2,1-5H3,(H2,19,20,21). The number of hydrogen-bond acceptors (Lipinski definition) is 5. The lowest BCUT2D eigenvalue weighted by molar-refractivity contribution is 0.544. The smallest absolute Gasteiger partial charge is 0.226 e. The van der Waals surface area contributed by atoms with E-state index in [1.807, 2.05) is 31.2 Å². The Morgan fingerprint density at radius 3 is 2.46 bits per heavy atom. The number of hydrogen-bond donors (Lipinski definition) is 2. The Morgan fingerprint density at radius 1 is 1.23 bits per heavy atom. The molecule has 0 atom stereocenters. The van der Waals surface area contributed by atoms with Crippen molar-refractivity contribution in [3.8, 4) is 11.5 Å². The van der Waals surface area contributed by atoms with E-state index in [4.69, 9.17) is 4.42 Å². The quantitative estimate of drug-likeness (QED) is 0.590. The molecule has 2 rings (SSSR count). The van der Waals surface area contributed by atoms with Crippen molar-refractivity contribution in [2.24, 2.45) is 4.99 Å². The van der Waals surface area contributed by atoms with E-state index in [0.29, 0.717) is 18.4 Å². The lowest BCUT2D eigenvalue weighted by Crippen LogP contribution is -2.47. The van der Waals surface area contributed by atoms with Gasteiger partial charge in [0.2, 0.25) is 5.89 Å². The highest BCUT2D eigenvalue weighted by Gasteiger charge is 2.30. The maximum Gasteiger partial charge on any atom is 0.226 e. The third kappa shape index (κ3) is 5.08. The summed E-state index contributed by atoms with van der Waals surface area (Å²) < 4.78 is 28.2. The molecule has 0 fully saturated rings. The van der Waals surface area contributed by atoms with Crippen LogP contribution in [0.4, 0.5) is 0 Å². The highest BCUT2D eigenvalue weighted by Crippen LogP contribution is 2.19. The summed E-state index contributed by atoms with van der Waals surface area (Å²) in [4.78, 5) is 8.56. The molecule has 7 nitrogen and oxygen atoms in total. The molecule has 2 N–H and O–H groups in total. The first-order valence-corrected chi connectivity index (χ1v) is 10.2. The molecular weight excluding hydrogens is 352 g/mol. The first kappa shape index (κ1) is 20.0. The van der Waals surface area contributed by atoms with Crippen molar-refractivity contribution in [3.05, 3.63) is 41.8 Å². The molecule has 0 aliphatic heterocycles. The normalized spacial score (nSPS) is 12.9. The Balaban J connectivity index is 1.94. The number of aliphatic imine (C=N–C) groups is 1. The van der Waals surface area contributed by atoms with E-state index in [1.165, 1.54) is 11.8 Å². The van der Waals surface area contributed by atoms with E-state index >= 15 is 0 Å². The van der Waals surface area contributed by atoms with Crippen LogP contribution in [0.1, 0.15) is 25.1 Å². The van der Waals surface area contributed by atoms with Gasteiger partial charge in [0.1, 0.15) is 6.26 Å². The van der Waals surface area contributed by atoms with Crippen LogP contribution in [0.5, 0.6) is 0 Å². The van der Waals surface area contributed by atoms with Crippen molar-refractivity contribution in [1.29, 1.82) is 0 Å². The molecule has 0 bridgehead atoms. The van der Waals surface area contributed by atoms with E-state index in [-0.39, 0.29) is 6.54 Å². The van der Waals surface area contributed by atoms with Crippen LogP contribution < -0.4 is 10.6 Å². The average Bonchev–Trinajstić information content (AvgIpc) is 3.03. The maximum atomic E-state index is 11.8. The number of aryl methyl sites for hydroxylation is 1. The van der Waals surface area contributed by atoms with Crippen LogP contribution in [-0.2, 0) is 16.4 Å². The highest BCUT2D eigenvalue weighted by molar-refractivity contribution is 7.92. The first-order chi connectivity index (χ1) is 12.1. The van der Waals surface area contributed by atoms with Crippen molar-refractivity contribution in [2.75, 3.05) is 19.8 Å². The van der Waals surface area contributed by atoms with Crippen LogP contribution in [0.25, 0.3) is 11.5 Å². The Labute approximate surface area is 154 Å². The Kier molecular flexibility index (Phi) is 6.07. The van der Waals surface area contributed by atoms with E-state index in [9.17, 15) is 8.42 Å². The largest absolute Gasteiger partial charge is 0.444 e. The monoisotopic (exact) mass is 378 g/mol. The fraction of sp³-hybridized carbons (Fsp3) is 0.444. The number of guanidine groups is 1. The summed E-state index contributed by atoms with van der Waals surface area (Å²) in [5.74, 6) is 1.06. The summed E-state index contributed by atoms with van der Waals surface area (Å²) in [6.45, 7) is 6.04. The zero-order valence-corrected chi connectivity index (χ0v) is 16.6. The molecule has 0 saturated heterocycles. The number of sulfone groups is 1. The van der Waals surface area contributed by atoms with Crippen LogP contribution in [0.2, 0.25) is 0 Å². The highest BCUT2D eigenvalue weighted by atomic mass is 32.2. The van der Waals surface area contributed by atoms with Gasteiger partial charge in [-0.1, -0.05) is 17.7 Å². The van der Waals surface area contributed by atoms with Crippen LogP contribution in [0.3, 0.4) is 0 Å². The van der Waals surface area contributed by atoms with Gasteiger partial charge in [0.25, 0.3) is 0 Å². The summed E-state index contributed by atoms with van der Waals surface area (Å²) in [7, 11) is -1.55. The van der Waals surface area contributed by atoms with Gasteiger partial charge in [-0.2, -0.15) is 0 Å². The number of aromatic nitrogens is 1.